The highest BCUT2D eigenvalue weighted by Gasteiger charge is 2.26. The first-order valence-corrected chi connectivity index (χ1v) is 6.04. The number of hydrogen-bond acceptors (Lipinski definition) is 2. The summed E-state index contributed by atoms with van der Waals surface area (Å²) in [7, 11) is 0. The van der Waals surface area contributed by atoms with Crippen LogP contribution in [0.4, 0.5) is 0 Å². The van der Waals surface area contributed by atoms with Gasteiger partial charge in [0, 0.05) is 5.02 Å². The molecule has 2 rings (SSSR count). The van der Waals surface area contributed by atoms with Crippen LogP contribution in [0.3, 0.4) is 0 Å². The topological polar surface area (TPSA) is 29.5 Å². The maximum atomic E-state index is 9.13. The SMILES string of the molecule is Cc1ccc(COC[C@H]2C[C@@H](O)C2)cc1Cl. The van der Waals surface area contributed by atoms with Gasteiger partial charge in [0.25, 0.3) is 0 Å². The molecule has 1 saturated carbocycles. The minimum atomic E-state index is -0.0950. The fraction of sp³-hybridized carbons (Fsp3) is 0.538. The van der Waals surface area contributed by atoms with Gasteiger partial charge in [0.05, 0.1) is 19.3 Å². The van der Waals surface area contributed by atoms with Gasteiger partial charge >= 0.3 is 0 Å². The molecule has 0 amide bonds. The molecule has 1 aliphatic rings. The van der Waals surface area contributed by atoms with E-state index in [9.17, 15) is 0 Å². The molecule has 0 heterocycles. The molecular formula is C13H17ClO2. The van der Waals surface area contributed by atoms with E-state index in [-0.39, 0.29) is 6.10 Å². The first kappa shape index (κ1) is 11.9. The van der Waals surface area contributed by atoms with E-state index in [0.717, 1.165) is 35.6 Å². The zero-order valence-corrected chi connectivity index (χ0v) is 10.2. The van der Waals surface area contributed by atoms with Gasteiger partial charge in [-0.15, -0.1) is 0 Å². The van der Waals surface area contributed by atoms with E-state index in [1.165, 1.54) is 0 Å². The van der Waals surface area contributed by atoms with Gasteiger partial charge in [-0.25, -0.2) is 0 Å². The molecule has 1 N–H and O–H groups in total. The molecule has 88 valence electrons. The van der Waals surface area contributed by atoms with Crippen LogP contribution in [0.5, 0.6) is 0 Å². The van der Waals surface area contributed by atoms with E-state index in [1.807, 2.05) is 25.1 Å². The Kier molecular flexibility index (Phi) is 3.85. The normalized spacial score (nSPS) is 24.2. The molecule has 1 aromatic carbocycles. The molecular weight excluding hydrogens is 224 g/mol. The summed E-state index contributed by atoms with van der Waals surface area (Å²) in [5, 5.41) is 9.92. The van der Waals surface area contributed by atoms with Crippen LogP contribution in [0.15, 0.2) is 18.2 Å². The summed E-state index contributed by atoms with van der Waals surface area (Å²) < 4.78 is 5.60. The Morgan fingerprint density at radius 2 is 2.19 bits per heavy atom. The number of benzene rings is 1. The fourth-order valence-corrected chi connectivity index (χ4v) is 2.11. The van der Waals surface area contributed by atoms with Crippen molar-refractivity contribution in [3.8, 4) is 0 Å². The Labute approximate surface area is 101 Å². The summed E-state index contributed by atoms with van der Waals surface area (Å²) in [5.74, 6) is 0.538. The van der Waals surface area contributed by atoms with Crippen molar-refractivity contribution in [1.29, 1.82) is 0 Å². The average molecular weight is 241 g/mol. The molecule has 1 aliphatic carbocycles. The zero-order valence-electron chi connectivity index (χ0n) is 9.45. The molecule has 3 heteroatoms. The summed E-state index contributed by atoms with van der Waals surface area (Å²) in [6, 6.07) is 6.00. The largest absolute Gasteiger partial charge is 0.393 e. The summed E-state index contributed by atoms with van der Waals surface area (Å²) in [6.45, 7) is 3.33. The Morgan fingerprint density at radius 3 is 2.81 bits per heavy atom. The third-order valence-corrected chi connectivity index (χ3v) is 3.48. The molecule has 0 aromatic heterocycles. The third kappa shape index (κ3) is 2.97. The summed E-state index contributed by atoms with van der Waals surface area (Å²) in [5.41, 5.74) is 2.20. The highest BCUT2D eigenvalue weighted by Crippen LogP contribution is 2.27. The van der Waals surface area contributed by atoms with Crippen LogP contribution in [0.25, 0.3) is 0 Å². The Bertz CT molecular complexity index is 359. The molecule has 0 saturated heterocycles. The summed E-state index contributed by atoms with van der Waals surface area (Å²) in [4.78, 5) is 0. The molecule has 0 aliphatic heterocycles. The van der Waals surface area contributed by atoms with Crippen LogP contribution in [-0.4, -0.2) is 17.8 Å². The summed E-state index contributed by atoms with van der Waals surface area (Å²) in [6.07, 6.45) is 1.67. The Hall–Kier alpha value is -0.570. The maximum absolute atomic E-state index is 9.13. The van der Waals surface area contributed by atoms with Gasteiger partial charge in [0.15, 0.2) is 0 Å². The zero-order chi connectivity index (χ0) is 11.5. The maximum Gasteiger partial charge on any atom is 0.0717 e. The number of halogens is 1. The third-order valence-electron chi connectivity index (χ3n) is 3.07. The smallest absolute Gasteiger partial charge is 0.0717 e. The second-order valence-electron chi connectivity index (χ2n) is 4.59. The van der Waals surface area contributed by atoms with Crippen molar-refractivity contribution in [1.82, 2.24) is 0 Å². The van der Waals surface area contributed by atoms with Crippen molar-refractivity contribution in [2.75, 3.05) is 6.61 Å². The van der Waals surface area contributed by atoms with Gasteiger partial charge in [-0.05, 0) is 42.9 Å². The van der Waals surface area contributed by atoms with Crippen molar-refractivity contribution in [3.05, 3.63) is 34.3 Å². The second-order valence-corrected chi connectivity index (χ2v) is 5.00. The number of ether oxygens (including phenoxy) is 1. The van der Waals surface area contributed by atoms with Crippen LogP contribution in [0.2, 0.25) is 5.02 Å². The number of aliphatic hydroxyl groups excluding tert-OH is 1. The molecule has 0 bridgehead atoms. The Balaban J connectivity index is 1.74. The Morgan fingerprint density at radius 1 is 1.44 bits per heavy atom. The van der Waals surface area contributed by atoms with Gasteiger partial charge in [-0.2, -0.15) is 0 Å². The molecule has 0 unspecified atom stereocenters. The molecule has 0 spiro atoms. The van der Waals surface area contributed by atoms with E-state index in [1.54, 1.807) is 0 Å². The van der Waals surface area contributed by atoms with Crippen LogP contribution < -0.4 is 0 Å². The molecule has 0 radical (unpaired) electrons. The standard InChI is InChI=1S/C13H17ClO2/c1-9-2-3-10(6-13(9)14)7-16-8-11-4-12(15)5-11/h2-3,6,11-12,15H,4-5,7-8H2,1H3/t11-,12+. The first-order valence-electron chi connectivity index (χ1n) is 5.66. The van der Waals surface area contributed by atoms with E-state index in [2.05, 4.69) is 0 Å². The van der Waals surface area contributed by atoms with Gasteiger partial charge in [-0.3, -0.25) is 0 Å². The number of rotatable bonds is 4. The molecule has 2 nitrogen and oxygen atoms in total. The van der Waals surface area contributed by atoms with Gasteiger partial charge in [0.2, 0.25) is 0 Å². The van der Waals surface area contributed by atoms with Gasteiger partial charge in [0.1, 0.15) is 0 Å². The monoisotopic (exact) mass is 240 g/mol. The van der Waals surface area contributed by atoms with Crippen LogP contribution in [-0.2, 0) is 11.3 Å². The number of aliphatic hydroxyl groups is 1. The van der Waals surface area contributed by atoms with E-state index < -0.39 is 0 Å². The van der Waals surface area contributed by atoms with Crippen molar-refractivity contribution in [3.63, 3.8) is 0 Å². The predicted octanol–water partition coefficient (Wildman–Crippen LogP) is 2.94. The molecule has 1 fully saturated rings. The summed E-state index contributed by atoms with van der Waals surface area (Å²) >= 11 is 6.02. The van der Waals surface area contributed by atoms with Crippen LogP contribution >= 0.6 is 11.6 Å². The van der Waals surface area contributed by atoms with E-state index >= 15 is 0 Å². The fourth-order valence-electron chi connectivity index (χ4n) is 1.91. The van der Waals surface area contributed by atoms with Crippen molar-refractivity contribution in [2.24, 2.45) is 5.92 Å². The minimum absolute atomic E-state index is 0.0950. The predicted molar refractivity (Wildman–Crippen MR) is 64.6 cm³/mol. The van der Waals surface area contributed by atoms with Crippen molar-refractivity contribution >= 4 is 11.6 Å². The van der Waals surface area contributed by atoms with E-state index in [0.29, 0.717) is 12.5 Å². The van der Waals surface area contributed by atoms with Crippen LogP contribution in [0.1, 0.15) is 24.0 Å². The average Bonchev–Trinajstić information content (AvgIpc) is 2.21. The molecule has 1 aromatic rings. The van der Waals surface area contributed by atoms with Crippen LogP contribution in [0, 0.1) is 12.8 Å². The van der Waals surface area contributed by atoms with Crippen molar-refractivity contribution in [2.45, 2.75) is 32.5 Å². The lowest BCUT2D eigenvalue weighted by molar-refractivity contribution is -0.0145. The highest BCUT2D eigenvalue weighted by molar-refractivity contribution is 6.31. The lowest BCUT2D eigenvalue weighted by atomic mass is 9.83. The molecule has 16 heavy (non-hydrogen) atoms. The minimum Gasteiger partial charge on any atom is -0.393 e. The van der Waals surface area contributed by atoms with Gasteiger partial charge in [-0.1, -0.05) is 23.7 Å². The molecule has 0 atom stereocenters. The van der Waals surface area contributed by atoms with E-state index in [4.69, 9.17) is 21.4 Å². The highest BCUT2D eigenvalue weighted by atomic mass is 35.5. The first-order chi connectivity index (χ1) is 7.65. The second kappa shape index (κ2) is 5.17. The number of hydrogen-bond donors (Lipinski definition) is 1. The van der Waals surface area contributed by atoms with Crippen molar-refractivity contribution < 1.29 is 9.84 Å². The quantitative estimate of drug-likeness (QED) is 0.877. The lowest BCUT2D eigenvalue weighted by Crippen LogP contribution is -2.31. The lowest BCUT2D eigenvalue weighted by Gasteiger charge is -2.30. The van der Waals surface area contributed by atoms with Gasteiger partial charge < -0.3 is 9.84 Å². The number of aryl methyl sites for hydroxylation is 1.